The van der Waals surface area contributed by atoms with Crippen molar-refractivity contribution in [3.63, 3.8) is 0 Å². The Kier molecular flexibility index (Phi) is 5.13. The van der Waals surface area contributed by atoms with Gasteiger partial charge >= 0.3 is 0 Å². The quantitative estimate of drug-likeness (QED) is 0.716. The van der Waals surface area contributed by atoms with Crippen LogP contribution in [-0.4, -0.2) is 35.6 Å². The number of hydrogen-bond donors (Lipinski definition) is 1. The number of benzene rings is 1. The third-order valence-corrected chi connectivity index (χ3v) is 5.61. The number of nitrogens with zero attached hydrogens (tertiary/aromatic N) is 2. The van der Waals surface area contributed by atoms with Crippen LogP contribution in [0.5, 0.6) is 0 Å². The molecule has 3 aromatic rings. The van der Waals surface area contributed by atoms with Gasteiger partial charge in [0.05, 0.1) is 10.9 Å². The third kappa shape index (κ3) is 3.71. The van der Waals surface area contributed by atoms with E-state index in [2.05, 4.69) is 27.5 Å². The van der Waals surface area contributed by atoms with Gasteiger partial charge in [0.2, 0.25) is 0 Å². The second-order valence-electron chi connectivity index (χ2n) is 6.43. The topological polar surface area (TPSA) is 58.4 Å². The standard InChI is InChI=1S/C20H21N3O2S/c24-20(16-13-18(25-22-16)19-9-6-12-26-19)21-14-17(23-10-4-5-11-23)15-7-2-1-3-8-15/h1-3,6-9,12-13,17H,4-5,10-11,14H2,(H,21,24)/t17-/m1/s1. The number of carbonyl (C=O) groups excluding carboxylic acids is 1. The van der Waals surface area contributed by atoms with Gasteiger partial charge in [-0.2, -0.15) is 0 Å². The van der Waals surface area contributed by atoms with Gasteiger partial charge < -0.3 is 9.84 Å². The Balaban J connectivity index is 1.44. The lowest BCUT2D eigenvalue weighted by molar-refractivity contribution is 0.0929. The second kappa shape index (κ2) is 7.85. The fourth-order valence-corrected chi connectivity index (χ4v) is 4.06. The Labute approximate surface area is 156 Å². The zero-order valence-corrected chi connectivity index (χ0v) is 15.2. The Hall–Kier alpha value is -2.44. The summed E-state index contributed by atoms with van der Waals surface area (Å²) in [5.74, 6) is 0.431. The second-order valence-corrected chi connectivity index (χ2v) is 7.38. The van der Waals surface area contributed by atoms with Crippen LogP contribution >= 0.6 is 11.3 Å². The van der Waals surface area contributed by atoms with Crippen LogP contribution in [0.15, 0.2) is 58.4 Å². The summed E-state index contributed by atoms with van der Waals surface area (Å²) in [7, 11) is 0. The van der Waals surface area contributed by atoms with Gasteiger partial charge in [-0.15, -0.1) is 11.3 Å². The van der Waals surface area contributed by atoms with Crippen LogP contribution in [0.4, 0.5) is 0 Å². The van der Waals surface area contributed by atoms with E-state index in [1.54, 1.807) is 17.4 Å². The van der Waals surface area contributed by atoms with Crippen molar-refractivity contribution >= 4 is 17.2 Å². The van der Waals surface area contributed by atoms with Gasteiger partial charge in [-0.05, 0) is 42.9 Å². The van der Waals surface area contributed by atoms with E-state index in [0.29, 0.717) is 18.0 Å². The molecule has 1 atom stereocenters. The molecule has 134 valence electrons. The van der Waals surface area contributed by atoms with E-state index in [9.17, 15) is 4.79 Å². The van der Waals surface area contributed by atoms with Crippen molar-refractivity contribution in [1.82, 2.24) is 15.4 Å². The maximum atomic E-state index is 12.5. The number of carbonyl (C=O) groups is 1. The summed E-state index contributed by atoms with van der Waals surface area (Å²) in [6, 6.07) is 16.1. The number of nitrogens with one attached hydrogen (secondary N) is 1. The molecule has 1 N–H and O–H groups in total. The molecule has 1 aliphatic rings. The van der Waals surface area contributed by atoms with E-state index >= 15 is 0 Å². The van der Waals surface area contributed by atoms with Crippen molar-refractivity contribution in [2.75, 3.05) is 19.6 Å². The molecule has 0 radical (unpaired) electrons. The van der Waals surface area contributed by atoms with Gasteiger partial charge in [0, 0.05) is 12.6 Å². The van der Waals surface area contributed by atoms with Crippen LogP contribution in [0.1, 0.15) is 34.9 Å². The van der Waals surface area contributed by atoms with Crippen molar-refractivity contribution < 1.29 is 9.32 Å². The van der Waals surface area contributed by atoms with E-state index in [1.807, 2.05) is 35.7 Å². The molecule has 6 heteroatoms. The van der Waals surface area contributed by atoms with E-state index in [-0.39, 0.29) is 11.9 Å². The van der Waals surface area contributed by atoms with Crippen molar-refractivity contribution in [2.24, 2.45) is 0 Å². The molecule has 5 nitrogen and oxygen atoms in total. The fraction of sp³-hybridized carbons (Fsp3) is 0.300. The van der Waals surface area contributed by atoms with E-state index in [1.165, 1.54) is 18.4 Å². The first-order chi connectivity index (χ1) is 12.8. The lowest BCUT2D eigenvalue weighted by Gasteiger charge is -2.28. The summed E-state index contributed by atoms with van der Waals surface area (Å²) in [4.78, 5) is 15.9. The number of rotatable bonds is 6. The van der Waals surface area contributed by atoms with Crippen LogP contribution < -0.4 is 5.32 Å². The van der Waals surface area contributed by atoms with Crippen LogP contribution in [0, 0.1) is 0 Å². The van der Waals surface area contributed by atoms with E-state index in [4.69, 9.17) is 4.52 Å². The molecule has 1 aliphatic heterocycles. The summed E-state index contributed by atoms with van der Waals surface area (Å²) in [5, 5.41) is 8.93. The lowest BCUT2D eigenvalue weighted by Crippen LogP contribution is -2.36. The first-order valence-electron chi connectivity index (χ1n) is 8.89. The van der Waals surface area contributed by atoms with Gasteiger partial charge in [-0.25, -0.2) is 0 Å². The van der Waals surface area contributed by atoms with Crippen molar-refractivity contribution in [1.29, 1.82) is 0 Å². The smallest absolute Gasteiger partial charge is 0.273 e. The minimum absolute atomic E-state index is 0.186. The maximum absolute atomic E-state index is 12.5. The lowest BCUT2D eigenvalue weighted by atomic mass is 10.1. The first-order valence-corrected chi connectivity index (χ1v) is 9.77. The molecule has 0 aliphatic carbocycles. The fourth-order valence-electron chi connectivity index (χ4n) is 3.38. The number of likely N-dealkylation sites (tertiary alicyclic amines) is 1. The van der Waals surface area contributed by atoms with Gasteiger partial charge in [-0.1, -0.05) is 41.6 Å². The summed E-state index contributed by atoms with van der Waals surface area (Å²) < 4.78 is 5.31. The predicted octanol–water partition coefficient (Wildman–Crippen LogP) is 3.97. The number of amides is 1. The molecular formula is C20H21N3O2S. The Morgan fingerprint density at radius 3 is 2.73 bits per heavy atom. The minimum atomic E-state index is -0.198. The number of aromatic nitrogens is 1. The normalized spacial score (nSPS) is 15.8. The van der Waals surface area contributed by atoms with Gasteiger partial charge in [0.25, 0.3) is 5.91 Å². The Morgan fingerprint density at radius 1 is 1.19 bits per heavy atom. The van der Waals surface area contributed by atoms with E-state index in [0.717, 1.165) is 18.0 Å². The highest BCUT2D eigenvalue weighted by Crippen LogP contribution is 2.26. The molecule has 26 heavy (non-hydrogen) atoms. The monoisotopic (exact) mass is 367 g/mol. The summed E-state index contributed by atoms with van der Waals surface area (Å²) in [5.41, 5.74) is 1.55. The molecule has 4 rings (SSSR count). The first kappa shape index (κ1) is 17.0. The van der Waals surface area contributed by atoms with Crippen molar-refractivity contribution in [2.45, 2.75) is 18.9 Å². The molecule has 0 bridgehead atoms. The molecule has 0 spiro atoms. The van der Waals surface area contributed by atoms with Gasteiger partial charge in [0.1, 0.15) is 0 Å². The molecular weight excluding hydrogens is 346 g/mol. The molecule has 0 saturated carbocycles. The van der Waals surface area contributed by atoms with Crippen LogP contribution in [0.3, 0.4) is 0 Å². The summed E-state index contributed by atoms with van der Waals surface area (Å²) in [6.07, 6.45) is 2.43. The van der Waals surface area contributed by atoms with Gasteiger partial charge in [0.15, 0.2) is 11.5 Å². The maximum Gasteiger partial charge on any atom is 0.273 e. The molecule has 3 heterocycles. The van der Waals surface area contributed by atoms with Crippen LogP contribution in [-0.2, 0) is 0 Å². The van der Waals surface area contributed by atoms with Crippen molar-refractivity contribution in [3.05, 3.63) is 65.2 Å². The highest BCUT2D eigenvalue weighted by molar-refractivity contribution is 7.13. The molecule has 0 unspecified atom stereocenters. The largest absolute Gasteiger partial charge is 0.355 e. The average molecular weight is 367 g/mol. The minimum Gasteiger partial charge on any atom is -0.355 e. The predicted molar refractivity (Wildman–Crippen MR) is 102 cm³/mol. The summed E-state index contributed by atoms with van der Waals surface area (Å²) >= 11 is 1.56. The average Bonchev–Trinajstić information content (AvgIpc) is 3.43. The highest BCUT2D eigenvalue weighted by atomic mass is 32.1. The Morgan fingerprint density at radius 2 is 2.00 bits per heavy atom. The zero-order chi connectivity index (χ0) is 17.8. The molecule has 1 aromatic carbocycles. The SMILES string of the molecule is O=C(NC[C@H](c1ccccc1)N1CCCC1)c1cc(-c2cccs2)on1. The van der Waals surface area contributed by atoms with Crippen LogP contribution in [0.2, 0.25) is 0 Å². The van der Waals surface area contributed by atoms with Crippen molar-refractivity contribution in [3.8, 4) is 10.6 Å². The Bertz CT molecular complexity index is 839. The number of thiophene rings is 1. The molecule has 2 aromatic heterocycles. The molecule has 1 amide bonds. The summed E-state index contributed by atoms with van der Waals surface area (Å²) in [6.45, 7) is 2.70. The molecule has 1 saturated heterocycles. The zero-order valence-electron chi connectivity index (χ0n) is 14.4. The van der Waals surface area contributed by atoms with Gasteiger partial charge in [-0.3, -0.25) is 9.69 Å². The van der Waals surface area contributed by atoms with Crippen LogP contribution in [0.25, 0.3) is 10.6 Å². The van der Waals surface area contributed by atoms with E-state index < -0.39 is 0 Å². The third-order valence-electron chi connectivity index (χ3n) is 4.73. The number of hydrogen-bond acceptors (Lipinski definition) is 5. The molecule has 1 fully saturated rings. The highest BCUT2D eigenvalue weighted by Gasteiger charge is 2.24.